The fourth-order valence-electron chi connectivity index (χ4n) is 4.12. The van der Waals surface area contributed by atoms with Gasteiger partial charge in [-0.2, -0.15) is 0 Å². The summed E-state index contributed by atoms with van der Waals surface area (Å²) in [5, 5.41) is 14.4. The van der Waals surface area contributed by atoms with E-state index in [1.807, 2.05) is 50.2 Å². The first-order valence-corrected chi connectivity index (χ1v) is 10.9. The first-order valence-electron chi connectivity index (χ1n) is 10.9. The van der Waals surface area contributed by atoms with Crippen molar-refractivity contribution in [2.45, 2.75) is 51.6 Å². The van der Waals surface area contributed by atoms with Gasteiger partial charge in [-0.25, -0.2) is 9.59 Å². The molecule has 0 bridgehead atoms. The second-order valence-electron chi connectivity index (χ2n) is 8.66. The van der Waals surface area contributed by atoms with Crippen LogP contribution in [0.25, 0.3) is 11.1 Å². The molecule has 0 aromatic heterocycles. The van der Waals surface area contributed by atoms with Crippen molar-refractivity contribution >= 4 is 18.0 Å². The van der Waals surface area contributed by atoms with Crippen molar-refractivity contribution in [1.29, 1.82) is 0 Å². The van der Waals surface area contributed by atoms with Gasteiger partial charge >= 0.3 is 12.1 Å². The average Bonchev–Trinajstić information content (AvgIpc) is 3.05. The molecule has 0 saturated carbocycles. The Morgan fingerprint density at radius 1 is 0.938 bits per heavy atom. The molecule has 2 aromatic carbocycles. The summed E-state index contributed by atoms with van der Waals surface area (Å²) < 4.78 is 5.49. The predicted octanol–water partition coefficient (Wildman–Crippen LogP) is 3.92. The molecule has 0 unspecified atom stereocenters. The molecule has 1 aliphatic carbocycles. The Labute approximate surface area is 188 Å². The van der Waals surface area contributed by atoms with Crippen LogP contribution in [-0.2, 0) is 14.3 Å². The number of ether oxygens (including phenoxy) is 1. The van der Waals surface area contributed by atoms with E-state index in [1.165, 1.54) is 0 Å². The van der Waals surface area contributed by atoms with E-state index in [2.05, 4.69) is 22.8 Å². The summed E-state index contributed by atoms with van der Waals surface area (Å²) in [6, 6.07) is 14.7. The Kier molecular flexibility index (Phi) is 7.51. The van der Waals surface area contributed by atoms with Crippen molar-refractivity contribution in [2.75, 3.05) is 6.61 Å². The van der Waals surface area contributed by atoms with Crippen molar-refractivity contribution in [1.82, 2.24) is 10.6 Å². The molecule has 0 spiro atoms. The molecule has 2 aromatic rings. The van der Waals surface area contributed by atoms with Gasteiger partial charge in [-0.1, -0.05) is 62.4 Å². The van der Waals surface area contributed by atoms with Crippen LogP contribution in [0.5, 0.6) is 0 Å². The van der Waals surface area contributed by atoms with Gasteiger partial charge in [0.15, 0.2) is 0 Å². The summed E-state index contributed by atoms with van der Waals surface area (Å²) >= 11 is 0. The van der Waals surface area contributed by atoms with Gasteiger partial charge in [0.2, 0.25) is 5.91 Å². The number of carbonyl (C=O) groups is 3. The molecule has 2 atom stereocenters. The zero-order valence-corrected chi connectivity index (χ0v) is 18.6. The Morgan fingerprint density at radius 2 is 1.50 bits per heavy atom. The van der Waals surface area contributed by atoms with Crippen LogP contribution in [0.1, 0.15) is 50.7 Å². The summed E-state index contributed by atoms with van der Waals surface area (Å²) in [5.41, 5.74) is 4.55. The number of aliphatic carboxylic acids is 1. The number of carbonyl (C=O) groups excluding carboxylic acids is 2. The molecule has 0 fully saturated rings. The summed E-state index contributed by atoms with van der Waals surface area (Å²) in [6.45, 7) is 5.65. The lowest BCUT2D eigenvalue weighted by molar-refractivity contribution is -0.142. The van der Waals surface area contributed by atoms with E-state index >= 15 is 0 Å². The molecule has 2 amide bonds. The summed E-state index contributed by atoms with van der Waals surface area (Å²) in [6.07, 6.45) is -0.300. The van der Waals surface area contributed by atoms with Gasteiger partial charge in [0.25, 0.3) is 0 Å². The molecule has 0 radical (unpaired) electrons. The van der Waals surface area contributed by atoms with Crippen LogP contribution in [0, 0.1) is 5.92 Å². The van der Waals surface area contributed by atoms with E-state index in [1.54, 1.807) is 6.92 Å². The maximum absolute atomic E-state index is 12.3. The lowest BCUT2D eigenvalue weighted by atomic mass is 9.98. The van der Waals surface area contributed by atoms with Crippen LogP contribution < -0.4 is 10.6 Å². The number of carboxylic acid groups (broad SMARTS) is 1. The second kappa shape index (κ2) is 10.3. The van der Waals surface area contributed by atoms with Gasteiger partial charge in [-0.15, -0.1) is 0 Å². The summed E-state index contributed by atoms with van der Waals surface area (Å²) in [4.78, 5) is 35.9. The molecular formula is C25H30N2O5. The monoisotopic (exact) mass is 438 g/mol. The van der Waals surface area contributed by atoms with Gasteiger partial charge in [0.05, 0.1) is 0 Å². The van der Waals surface area contributed by atoms with E-state index in [9.17, 15) is 19.5 Å². The number of fused-ring (bicyclic) bond motifs is 3. The Morgan fingerprint density at radius 3 is 2.03 bits per heavy atom. The van der Waals surface area contributed by atoms with Crippen LogP contribution in [-0.4, -0.2) is 41.8 Å². The van der Waals surface area contributed by atoms with Crippen LogP contribution in [0.4, 0.5) is 4.79 Å². The molecule has 0 saturated heterocycles. The minimum Gasteiger partial charge on any atom is -0.480 e. The fourth-order valence-corrected chi connectivity index (χ4v) is 4.12. The maximum Gasteiger partial charge on any atom is 0.407 e. The maximum atomic E-state index is 12.3. The smallest absolute Gasteiger partial charge is 0.407 e. The fraction of sp³-hybridized carbons (Fsp3) is 0.400. The number of amides is 2. The van der Waals surface area contributed by atoms with E-state index in [4.69, 9.17) is 4.74 Å². The zero-order chi connectivity index (χ0) is 23.3. The average molecular weight is 439 g/mol. The van der Waals surface area contributed by atoms with Crippen LogP contribution in [0.15, 0.2) is 48.5 Å². The van der Waals surface area contributed by atoms with Gasteiger partial charge < -0.3 is 20.5 Å². The molecule has 3 rings (SSSR count). The first kappa shape index (κ1) is 23.3. The van der Waals surface area contributed by atoms with Crippen molar-refractivity contribution in [3.8, 4) is 11.1 Å². The number of rotatable bonds is 9. The van der Waals surface area contributed by atoms with Crippen LogP contribution in [0.2, 0.25) is 0 Å². The van der Waals surface area contributed by atoms with Gasteiger partial charge in [-0.05, 0) is 41.5 Å². The molecule has 32 heavy (non-hydrogen) atoms. The highest BCUT2D eigenvalue weighted by Crippen LogP contribution is 2.44. The van der Waals surface area contributed by atoms with E-state index < -0.39 is 30.1 Å². The third-order valence-corrected chi connectivity index (χ3v) is 5.54. The molecule has 0 heterocycles. The van der Waals surface area contributed by atoms with Gasteiger partial charge in [0.1, 0.15) is 12.6 Å². The summed E-state index contributed by atoms with van der Waals surface area (Å²) in [7, 11) is 0. The van der Waals surface area contributed by atoms with E-state index in [0.717, 1.165) is 22.3 Å². The lowest BCUT2D eigenvalue weighted by Gasteiger charge is -2.19. The van der Waals surface area contributed by atoms with Crippen LogP contribution in [0.3, 0.4) is 0 Å². The third-order valence-electron chi connectivity index (χ3n) is 5.54. The number of nitrogens with one attached hydrogen (secondary N) is 2. The SMILES string of the molecule is CC(C)C[C@@H](NC(=O)C[C@H](C)NC(=O)OCC1c2ccccc2-c2ccccc21)C(=O)O. The normalized spacial score (nSPS) is 14.2. The zero-order valence-electron chi connectivity index (χ0n) is 18.6. The highest BCUT2D eigenvalue weighted by atomic mass is 16.5. The van der Waals surface area contributed by atoms with E-state index in [-0.39, 0.29) is 24.9 Å². The Bertz CT molecular complexity index is 942. The van der Waals surface area contributed by atoms with Gasteiger partial charge in [-0.3, -0.25) is 4.79 Å². The molecule has 7 nitrogen and oxygen atoms in total. The predicted molar refractivity (Wildman–Crippen MR) is 121 cm³/mol. The van der Waals surface area contributed by atoms with Crippen molar-refractivity contribution in [2.24, 2.45) is 5.92 Å². The molecular weight excluding hydrogens is 408 g/mol. The van der Waals surface area contributed by atoms with Gasteiger partial charge in [0, 0.05) is 18.4 Å². The molecule has 7 heteroatoms. The number of hydrogen-bond acceptors (Lipinski definition) is 4. The molecule has 1 aliphatic rings. The number of benzene rings is 2. The third kappa shape index (κ3) is 5.66. The second-order valence-corrected chi connectivity index (χ2v) is 8.66. The summed E-state index contributed by atoms with van der Waals surface area (Å²) in [5.74, 6) is -1.40. The first-order chi connectivity index (χ1) is 15.3. The quantitative estimate of drug-likeness (QED) is 0.550. The van der Waals surface area contributed by atoms with Crippen molar-refractivity contribution < 1.29 is 24.2 Å². The topological polar surface area (TPSA) is 105 Å². The highest BCUT2D eigenvalue weighted by molar-refractivity contribution is 5.84. The highest BCUT2D eigenvalue weighted by Gasteiger charge is 2.29. The Hall–Kier alpha value is -3.35. The number of carboxylic acids is 1. The Balaban J connectivity index is 1.52. The van der Waals surface area contributed by atoms with Crippen molar-refractivity contribution in [3.63, 3.8) is 0 Å². The lowest BCUT2D eigenvalue weighted by Crippen LogP contribution is -2.44. The van der Waals surface area contributed by atoms with Crippen LogP contribution >= 0.6 is 0 Å². The largest absolute Gasteiger partial charge is 0.480 e. The number of alkyl carbamates (subject to hydrolysis) is 1. The number of hydrogen-bond donors (Lipinski definition) is 3. The molecule has 0 aliphatic heterocycles. The minimum absolute atomic E-state index is 0.0356. The minimum atomic E-state index is -1.07. The van der Waals surface area contributed by atoms with E-state index in [0.29, 0.717) is 6.42 Å². The standard InChI is InChI=1S/C25H30N2O5/c1-15(2)12-22(24(29)30)27-23(28)13-16(3)26-25(31)32-14-21-19-10-6-4-8-17(19)18-9-5-7-11-20(18)21/h4-11,15-16,21-22H,12-14H2,1-3H3,(H,26,31)(H,27,28)(H,29,30)/t16-,22+/m0/s1. The molecule has 170 valence electrons. The van der Waals surface area contributed by atoms with Crippen molar-refractivity contribution in [3.05, 3.63) is 59.7 Å². The molecule has 3 N–H and O–H groups in total.